The van der Waals surface area contributed by atoms with Gasteiger partial charge in [0.15, 0.2) is 0 Å². The van der Waals surface area contributed by atoms with Gasteiger partial charge in [-0.3, -0.25) is 0 Å². The first-order valence-electron chi connectivity index (χ1n) is 10.4. The predicted molar refractivity (Wildman–Crippen MR) is 114 cm³/mol. The highest BCUT2D eigenvalue weighted by Crippen LogP contribution is 2.50. The summed E-state index contributed by atoms with van der Waals surface area (Å²) in [6, 6.07) is 2.81. The SMILES string of the molecule is C[Si](C)(C/C=C/C[Si](C)(C)C1CCC2C=CC=CC21)C1CCCC1. The second-order valence-corrected chi connectivity index (χ2v) is 20.4. The number of hydrogen-bond donors (Lipinski definition) is 0. The van der Waals surface area contributed by atoms with Crippen LogP contribution in [-0.2, 0) is 0 Å². The highest BCUT2D eigenvalue weighted by molar-refractivity contribution is 6.80. The van der Waals surface area contributed by atoms with E-state index < -0.39 is 16.1 Å². The smallest absolute Gasteiger partial charge is 0.0548 e. The molecule has 134 valence electrons. The van der Waals surface area contributed by atoms with Crippen LogP contribution in [0.3, 0.4) is 0 Å². The monoisotopic (exact) mass is 358 g/mol. The molecule has 0 aromatic heterocycles. The van der Waals surface area contributed by atoms with Gasteiger partial charge in [-0.1, -0.05) is 94.7 Å². The molecular formula is C22H38Si2. The molecule has 0 spiro atoms. The van der Waals surface area contributed by atoms with E-state index in [1.165, 1.54) is 50.6 Å². The minimum atomic E-state index is -1.16. The van der Waals surface area contributed by atoms with Gasteiger partial charge in [0.2, 0.25) is 0 Å². The number of allylic oxidation sites excluding steroid dienone is 6. The number of fused-ring (bicyclic) bond motifs is 1. The second-order valence-electron chi connectivity index (χ2n) is 10.0. The van der Waals surface area contributed by atoms with Crippen molar-refractivity contribution < 1.29 is 0 Å². The Labute approximate surface area is 152 Å². The Hall–Kier alpha value is -0.346. The molecule has 2 fully saturated rings. The Kier molecular flexibility index (Phi) is 5.76. The first-order valence-corrected chi connectivity index (χ1v) is 17.0. The quantitative estimate of drug-likeness (QED) is 0.342. The van der Waals surface area contributed by atoms with Crippen LogP contribution in [0.1, 0.15) is 38.5 Å². The van der Waals surface area contributed by atoms with Crippen LogP contribution < -0.4 is 0 Å². The van der Waals surface area contributed by atoms with Crippen molar-refractivity contribution in [2.24, 2.45) is 11.8 Å². The summed E-state index contributed by atoms with van der Waals surface area (Å²) in [6.07, 6.45) is 23.7. The molecule has 0 radical (unpaired) electrons. The van der Waals surface area contributed by atoms with E-state index in [9.17, 15) is 0 Å². The zero-order valence-corrected chi connectivity index (χ0v) is 18.4. The lowest BCUT2D eigenvalue weighted by Crippen LogP contribution is -2.34. The van der Waals surface area contributed by atoms with Gasteiger partial charge in [0.1, 0.15) is 0 Å². The minimum Gasteiger partial charge on any atom is -0.0915 e. The van der Waals surface area contributed by atoms with Crippen LogP contribution in [-0.4, -0.2) is 16.1 Å². The van der Waals surface area contributed by atoms with Crippen LogP contribution in [0.15, 0.2) is 36.5 Å². The Morgan fingerprint density at radius 2 is 1.42 bits per heavy atom. The van der Waals surface area contributed by atoms with E-state index in [0.717, 1.165) is 22.9 Å². The van der Waals surface area contributed by atoms with Crippen molar-refractivity contribution in [3.8, 4) is 0 Å². The fraction of sp³-hybridized carbons (Fsp3) is 0.727. The van der Waals surface area contributed by atoms with Gasteiger partial charge in [-0.05, 0) is 41.4 Å². The Morgan fingerprint density at radius 1 is 0.792 bits per heavy atom. The van der Waals surface area contributed by atoms with E-state index in [4.69, 9.17) is 0 Å². The van der Waals surface area contributed by atoms with E-state index in [1.54, 1.807) is 0 Å². The third-order valence-corrected chi connectivity index (χ3v) is 15.5. The van der Waals surface area contributed by atoms with Gasteiger partial charge < -0.3 is 0 Å². The summed E-state index contributed by atoms with van der Waals surface area (Å²) in [5, 5.41) is 0. The number of hydrogen-bond acceptors (Lipinski definition) is 0. The summed E-state index contributed by atoms with van der Waals surface area (Å²) >= 11 is 0. The molecule has 0 amide bonds. The zero-order valence-electron chi connectivity index (χ0n) is 16.4. The van der Waals surface area contributed by atoms with Crippen LogP contribution in [0.5, 0.6) is 0 Å². The Morgan fingerprint density at radius 3 is 2.12 bits per heavy atom. The number of rotatable bonds is 6. The van der Waals surface area contributed by atoms with Crippen LogP contribution in [0.2, 0.25) is 49.4 Å². The summed E-state index contributed by atoms with van der Waals surface area (Å²) in [5.41, 5.74) is 2.09. The maximum Gasteiger partial charge on any atom is 0.0548 e. The highest BCUT2D eigenvalue weighted by Gasteiger charge is 2.42. The van der Waals surface area contributed by atoms with Crippen molar-refractivity contribution in [1.29, 1.82) is 0 Å². The van der Waals surface area contributed by atoms with Crippen molar-refractivity contribution in [2.45, 2.75) is 87.9 Å². The van der Waals surface area contributed by atoms with Gasteiger partial charge in [-0.25, -0.2) is 0 Å². The minimum absolute atomic E-state index is 0.851. The average Bonchev–Trinajstić information content (AvgIpc) is 3.21. The van der Waals surface area contributed by atoms with Gasteiger partial charge >= 0.3 is 0 Å². The van der Waals surface area contributed by atoms with Gasteiger partial charge in [0.05, 0.1) is 16.1 Å². The molecule has 3 unspecified atom stereocenters. The van der Waals surface area contributed by atoms with E-state index in [1.807, 2.05) is 0 Å². The lowest BCUT2D eigenvalue weighted by Gasteiger charge is -2.34. The normalized spacial score (nSPS) is 31.2. The maximum atomic E-state index is 2.65. The molecule has 3 rings (SSSR count). The van der Waals surface area contributed by atoms with Gasteiger partial charge in [0.25, 0.3) is 0 Å². The van der Waals surface area contributed by atoms with Crippen molar-refractivity contribution in [3.05, 3.63) is 36.5 Å². The fourth-order valence-electron chi connectivity index (χ4n) is 5.67. The fourth-order valence-corrected chi connectivity index (χ4v) is 12.2. The maximum absolute atomic E-state index is 2.65. The molecule has 0 aromatic carbocycles. The first-order chi connectivity index (χ1) is 11.4. The molecule has 0 aliphatic heterocycles. The van der Waals surface area contributed by atoms with Crippen molar-refractivity contribution >= 4 is 16.1 Å². The molecule has 2 saturated carbocycles. The van der Waals surface area contributed by atoms with Crippen LogP contribution >= 0.6 is 0 Å². The molecular weight excluding hydrogens is 320 g/mol. The molecule has 0 saturated heterocycles. The highest BCUT2D eigenvalue weighted by atomic mass is 28.3. The van der Waals surface area contributed by atoms with E-state index in [0.29, 0.717) is 0 Å². The van der Waals surface area contributed by atoms with Gasteiger partial charge in [0, 0.05) is 0 Å². The summed E-state index contributed by atoms with van der Waals surface area (Å²) < 4.78 is 0. The molecule has 24 heavy (non-hydrogen) atoms. The summed E-state index contributed by atoms with van der Waals surface area (Å²) in [4.78, 5) is 0. The topological polar surface area (TPSA) is 0 Å². The van der Waals surface area contributed by atoms with E-state index >= 15 is 0 Å². The van der Waals surface area contributed by atoms with Gasteiger partial charge in [-0.15, -0.1) is 0 Å². The van der Waals surface area contributed by atoms with E-state index in [-0.39, 0.29) is 0 Å². The molecule has 0 bridgehead atoms. The predicted octanol–water partition coefficient (Wildman–Crippen LogP) is 7.43. The summed E-state index contributed by atoms with van der Waals surface area (Å²) in [7, 11) is -2.18. The molecule has 0 N–H and O–H groups in total. The first kappa shape index (κ1) is 18.4. The van der Waals surface area contributed by atoms with Crippen molar-refractivity contribution in [3.63, 3.8) is 0 Å². The molecule has 2 heteroatoms. The third-order valence-electron chi connectivity index (χ3n) is 7.49. The largest absolute Gasteiger partial charge is 0.0915 e. The summed E-state index contributed by atoms with van der Waals surface area (Å²) in [5.74, 6) is 1.71. The third kappa shape index (κ3) is 4.07. The molecule has 3 aliphatic carbocycles. The molecule has 0 aromatic rings. The molecule has 3 atom stereocenters. The standard InChI is InChI=1S/C22H38Si2/c1-23(2,20-12-6-7-13-20)17-9-10-18-24(3,4)22-16-15-19-11-5-8-14-21(19)22/h5,8-11,14,19-22H,6-7,12-13,15-18H2,1-4H3/b10-9+. The van der Waals surface area contributed by atoms with Crippen molar-refractivity contribution in [1.82, 2.24) is 0 Å². The van der Waals surface area contributed by atoms with E-state index in [2.05, 4.69) is 62.6 Å². The van der Waals surface area contributed by atoms with Crippen LogP contribution in [0, 0.1) is 11.8 Å². The van der Waals surface area contributed by atoms with Crippen molar-refractivity contribution in [2.75, 3.05) is 0 Å². The van der Waals surface area contributed by atoms with Crippen LogP contribution in [0.4, 0.5) is 0 Å². The second kappa shape index (κ2) is 7.49. The summed E-state index contributed by atoms with van der Waals surface area (Å²) in [6.45, 7) is 10.6. The van der Waals surface area contributed by atoms with Crippen LogP contribution in [0.25, 0.3) is 0 Å². The van der Waals surface area contributed by atoms with Gasteiger partial charge in [-0.2, -0.15) is 0 Å². The average molecular weight is 359 g/mol. The lowest BCUT2D eigenvalue weighted by molar-refractivity contribution is 0.544. The molecule has 0 nitrogen and oxygen atoms in total. The lowest BCUT2D eigenvalue weighted by atomic mass is 9.92. The molecule has 3 aliphatic rings. The Balaban J connectivity index is 1.53. The zero-order chi connectivity index (χ0) is 17.2. The Bertz CT molecular complexity index is 506. The molecule has 0 heterocycles.